The second-order valence-electron chi connectivity index (χ2n) is 8.22. The summed E-state index contributed by atoms with van der Waals surface area (Å²) in [6.07, 6.45) is 12.3. The van der Waals surface area contributed by atoms with Crippen LogP contribution in [0.25, 0.3) is 0 Å². The molecule has 0 amide bonds. The van der Waals surface area contributed by atoms with Crippen LogP contribution in [0.5, 0.6) is 11.5 Å². The SMILES string of the molecule is CC/C(C)=C/CC/C(C)=C/CCC1(C)CCc2cc(O)c(C)c(C)c2O1. The molecule has 0 saturated carbocycles. The number of phenols is 1. The van der Waals surface area contributed by atoms with Gasteiger partial charge in [0, 0.05) is 0 Å². The Kier molecular flexibility index (Phi) is 6.97. The largest absolute Gasteiger partial charge is 0.508 e. The van der Waals surface area contributed by atoms with Crippen LogP contribution >= 0.6 is 0 Å². The Morgan fingerprint density at radius 2 is 1.85 bits per heavy atom. The lowest BCUT2D eigenvalue weighted by atomic mass is 9.87. The molecule has 26 heavy (non-hydrogen) atoms. The molecule has 1 unspecified atom stereocenters. The summed E-state index contributed by atoms with van der Waals surface area (Å²) in [7, 11) is 0. The van der Waals surface area contributed by atoms with Crippen molar-refractivity contribution in [3.05, 3.63) is 46.1 Å². The van der Waals surface area contributed by atoms with Crippen LogP contribution in [-0.2, 0) is 6.42 Å². The van der Waals surface area contributed by atoms with Crippen LogP contribution in [0.1, 0.15) is 82.9 Å². The first kappa shape index (κ1) is 20.6. The van der Waals surface area contributed by atoms with Gasteiger partial charge in [-0.1, -0.05) is 30.2 Å². The summed E-state index contributed by atoms with van der Waals surface area (Å²) in [5, 5.41) is 10.0. The Hall–Kier alpha value is -1.70. The minimum absolute atomic E-state index is 0.114. The van der Waals surface area contributed by atoms with E-state index in [2.05, 4.69) is 46.8 Å². The summed E-state index contributed by atoms with van der Waals surface area (Å²) >= 11 is 0. The molecule has 0 aliphatic carbocycles. The number of rotatable bonds is 7. The minimum atomic E-state index is -0.114. The highest BCUT2D eigenvalue weighted by Crippen LogP contribution is 2.41. The molecule has 2 heteroatoms. The average Bonchev–Trinajstić information content (AvgIpc) is 2.60. The van der Waals surface area contributed by atoms with Crippen molar-refractivity contribution in [1.82, 2.24) is 0 Å². The fraction of sp³-hybridized carbons (Fsp3) is 0.583. The number of aromatic hydroxyl groups is 1. The molecule has 2 nitrogen and oxygen atoms in total. The first-order chi connectivity index (χ1) is 12.3. The minimum Gasteiger partial charge on any atom is -0.508 e. The summed E-state index contributed by atoms with van der Waals surface area (Å²) in [5.41, 5.74) is 6.00. The molecule has 1 N–H and O–H groups in total. The molecule has 1 aliphatic rings. The van der Waals surface area contributed by atoms with E-state index < -0.39 is 0 Å². The van der Waals surface area contributed by atoms with Gasteiger partial charge in [-0.2, -0.15) is 0 Å². The van der Waals surface area contributed by atoms with Gasteiger partial charge >= 0.3 is 0 Å². The molecule has 1 aromatic carbocycles. The Morgan fingerprint density at radius 3 is 2.54 bits per heavy atom. The first-order valence-electron chi connectivity index (χ1n) is 10.1. The van der Waals surface area contributed by atoms with E-state index in [1.165, 1.54) is 11.1 Å². The van der Waals surface area contributed by atoms with Crippen LogP contribution in [0.4, 0.5) is 0 Å². The molecule has 1 heterocycles. The first-order valence-corrected chi connectivity index (χ1v) is 10.1. The third-order valence-electron chi connectivity index (χ3n) is 5.92. The molecule has 2 rings (SSSR count). The summed E-state index contributed by atoms with van der Waals surface area (Å²) in [6.45, 7) is 12.9. The summed E-state index contributed by atoms with van der Waals surface area (Å²) in [4.78, 5) is 0. The van der Waals surface area contributed by atoms with E-state index in [0.717, 1.165) is 67.4 Å². The molecule has 0 bridgehead atoms. The standard InChI is InChI=1S/C24H36O2/c1-7-17(2)10-8-11-18(3)12-9-14-24(6)15-13-21-16-22(25)19(4)20(5)23(21)26-24/h10,12,16,25H,7-9,11,13-15H2,1-6H3/b17-10+,18-12+. The molecule has 144 valence electrons. The zero-order valence-electron chi connectivity index (χ0n) is 17.5. The van der Waals surface area contributed by atoms with Crippen molar-refractivity contribution in [2.45, 2.75) is 92.1 Å². The molecule has 0 fully saturated rings. The third kappa shape index (κ3) is 5.16. The molecule has 0 aromatic heterocycles. The Bertz CT molecular complexity index is 697. The van der Waals surface area contributed by atoms with E-state index in [9.17, 15) is 5.11 Å². The average molecular weight is 357 g/mol. The van der Waals surface area contributed by atoms with Gasteiger partial charge in [0.25, 0.3) is 0 Å². The van der Waals surface area contributed by atoms with Gasteiger partial charge in [-0.15, -0.1) is 0 Å². The van der Waals surface area contributed by atoms with Gasteiger partial charge in [0.1, 0.15) is 17.1 Å². The normalized spacial score (nSPS) is 20.7. The van der Waals surface area contributed by atoms with E-state index in [-0.39, 0.29) is 5.60 Å². The van der Waals surface area contributed by atoms with Crippen molar-refractivity contribution in [3.63, 3.8) is 0 Å². The number of hydrogen-bond donors (Lipinski definition) is 1. The molecule has 1 atom stereocenters. The van der Waals surface area contributed by atoms with Crippen LogP contribution < -0.4 is 4.74 Å². The Morgan fingerprint density at radius 1 is 1.15 bits per heavy atom. The second kappa shape index (κ2) is 8.79. The van der Waals surface area contributed by atoms with Gasteiger partial charge in [-0.05, 0) is 102 Å². The number of aryl methyl sites for hydroxylation is 1. The number of hydrogen-bond acceptors (Lipinski definition) is 2. The van der Waals surface area contributed by atoms with E-state index in [0.29, 0.717) is 5.75 Å². The van der Waals surface area contributed by atoms with Crippen LogP contribution in [0.3, 0.4) is 0 Å². The number of fused-ring (bicyclic) bond motifs is 1. The van der Waals surface area contributed by atoms with E-state index >= 15 is 0 Å². The molecular formula is C24H36O2. The maximum Gasteiger partial charge on any atom is 0.126 e. The van der Waals surface area contributed by atoms with Gasteiger partial charge in [0.2, 0.25) is 0 Å². The lowest BCUT2D eigenvalue weighted by molar-refractivity contribution is 0.0560. The molecular weight excluding hydrogens is 320 g/mol. The third-order valence-corrected chi connectivity index (χ3v) is 5.92. The van der Waals surface area contributed by atoms with Crippen molar-refractivity contribution < 1.29 is 9.84 Å². The highest BCUT2D eigenvalue weighted by molar-refractivity contribution is 5.53. The van der Waals surface area contributed by atoms with Crippen LogP contribution in [0.2, 0.25) is 0 Å². The predicted octanol–water partition coefficient (Wildman–Crippen LogP) is 6.96. The fourth-order valence-electron chi connectivity index (χ4n) is 3.56. The maximum absolute atomic E-state index is 10.0. The van der Waals surface area contributed by atoms with Crippen molar-refractivity contribution in [3.8, 4) is 11.5 Å². The Labute approximate surface area is 160 Å². The quantitative estimate of drug-likeness (QED) is 0.535. The number of benzene rings is 1. The van der Waals surface area contributed by atoms with E-state index in [4.69, 9.17) is 4.74 Å². The molecule has 0 radical (unpaired) electrons. The fourth-order valence-corrected chi connectivity index (χ4v) is 3.56. The van der Waals surface area contributed by atoms with Gasteiger partial charge in [0.05, 0.1) is 0 Å². The van der Waals surface area contributed by atoms with Crippen molar-refractivity contribution in [2.24, 2.45) is 0 Å². The highest BCUT2D eigenvalue weighted by atomic mass is 16.5. The molecule has 1 aliphatic heterocycles. The Balaban J connectivity index is 1.94. The predicted molar refractivity (Wildman–Crippen MR) is 111 cm³/mol. The van der Waals surface area contributed by atoms with Gasteiger partial charge in [0.15, 0.2) is 0 Å². The second-order valence-corrected chi connectivity index (χ2v) is 8.22. The maximum atomic E-state index is 10.0. The summed E-state index contributed by atoms with van der Waals surface area (Å²) < 4.78 is 6.45. The van der Waals surface area contributed by atoms with Crippen LogP contribution in [-0.4, -0.2) is 10.7 Å². The van der Waals surface area contributed by atoms with Gasteiger partial charge < -0.3 is 9.84 Å². The van der Waals surface area contributed by atoms with Crippen molar-refractivity contribution in [1.29, 1.82) is 0 Å². The van der Waals surface area contributed by atoms with Crippen LogP contribution in [0, 0.1) is 13.8 Å². The topological polar surface area (TPSA) is 29.5 Å². The molecule has 1 aromatic rings. The van der Waals surface area contributed by atoms with Gasteiger partial charge in [-0.3, -0.25) is 0 Å². The number of allylic oxidation sites excluding steroid dienone is 4. The molecule has 0 saturated heterocycles. The summed E-state index contributed by atoms with van der Waals surface area (Å²) in [6, 6.07) is 1.88. The summed E-state index contributed by atoms with van der Waals surface area (Å²) in [5.74, 6) is 1.38. The van der Waals surface area contributed by atoms with E-state index in [1.54, 1.807) is 0 Å². The zero-order chi connectivity index (χ0) is 19.3. The zero-order valence-corrected chi connectivity index (χ0v) is 17.5. The number of phenolic OH excluding ortho intramolecular Hbond substituents is 1. The van der Waals surface area contributed by atoms with Crippen molar-refractivity contribution in [2.75, 3.05) is 0 Å². The van der Waals surface area contributed by atoms with E-state index in [1.807, 2.05) is 13.0 Å². The van der Waals surface area contributed by atoms with Gasteiger partial charge in [-0.25, -0.2) is 0 Å². The van der Waals surface area contributed by atoms with Crippen molar-refractivity contribution >= 4 is 0 Å². The highest BCUT2D eigenvalue weighted by Gasteiger charge is 2.32. The lowest BCUT2D eigenvalue weighted by Gasteiger charge is -2.37. The smallest absolute Gasteiger partial charge is 0.126 e. The lowest BCUT2D eigenvalue weighted by Crippen LogP contribution is -2.36. The van der Waals surface area contributed by atoms with Crippen LogP contribution in [0.15, 0.2) is 29.4 Å². The monoisotopic (exact) mass is 356 g/mol. The molecule has 0 spiro atoms. The number of ether oxygens (including phenoxy) is 1.